The third kappa shape index (κ3) is 4.22. The number of halogens is 1. The number of hydrogen-bond acceptors (Lipinski definition) is 4. The number of nitrogens with zero attached hydrogens (tertiary/aromatic N) is 1. The molecule has 0 aromatic carbocycles. The van der Waals surface area contributed by atoms with Crippen LogP contribution in [0.25, 0.3) is 0 Å². The van der Waals surface area contributed by atoms with Crippen LogP contribution in [0.15, 0.2) is 18.3 Å². The highest BCUT2D eigenvalue weighted by Gasteiger charge is 2.05. The van der Waals surface area contributed by atoms with Gasteiger partial charge in [-0.15, -0.1) is 0 Å². The maximum absolute atomic E-state index is 12.6. The number of hydrogen-bond donors (Lipinski definition) is 2. The molecule has 0 spiro atoms. The van der Waals surface area contributed by atoms with E-state index in [1.807, 2.05) is 6.92 Å². The smallest absolute Gasteiger partial charge is 0.404 e. The van der Waals surface area contributed by atoms with Crippen molar-refractivity contribution in [2.75, 3.05) is 13.2 Å². The van der Waals surface area contributed by atoms with Gasteiger partial charge in [-0.1, -0.05) is 0 Å². The lowest BCUT2D eigenvalue weighted by Crippen LogP contribution is -2.26. The largest absolute Gasteiger partial charge is 0.448 e. The van der Waals surface area contributed by atoms with Gasteiger partial charge in [0.25, 0.3) is 0 Å². The van der Waals surface area contributed by atoms with Gasteiger partial charge in [0.05, 0.1) is 11.9 Å². The molecule has 16 heavy (non-hydrogen) atoms. The van der Waals surface area contributed by atoms with Gasteiger partial charge in [-0.2, -0.15) is 0 Å². The van der Waals surface area contributed by atoms with E-state index >= 15 is 0 Å². The van der Waals surface area contributed by atoms with E-state index in [2.05, 4.69) is 15.0 Å². The summed E-state index contributed by atoms with van der Waals surface area (Å²) < 4.78 is 17.1. The summed E-state index contributed by atoms with van der Waals surface area (Å²) in [6.07, 6.45) is 0.363. The Bertz CT molecular complexity index is 342. The van der Waals surface area contributed by atoms with Crippen LogP contribution >= 0.6 is 0 Å². The Hall–Kier alpha value is -1.69. The molecule has 3 N–H and O–H groups in total. The highest BCUT2D eigenvalue weighted by molar-refractivity contribution is 5.64. The van der Waals surface area contributed by atoms with Gasteiger partial charge in [0.1, 0.15) is 12.4 Å². The van der Waals surface area contributed by atoms with E-state index in [9.17, 15) is 9.18 Å². The Morgan fingerprint density at radius 3 is 3.00 bits per heavy atom. The van der Waals surface area contributed by atoms with Crippen LogP contribution in [-0.4, -0.2) is 24.2 Å². The summed E-state index contributed by atoms with van der Waals surface area (Å²) in [6.45, 7) is 2.54. The van der Waals surface area contributed by atoms with E-state index in [1.165, 1.54) is 6.07 Å². The molecule has 1 rings (SSSR count). The van der Waals surface area contributed by atoms with Crippen molar-refractivity contribution in [3.63, 3.8) is 0 Å². The minimum Gasteiger partial charge on any atom is -0.448 e. The van der Waals surface area contributed by atoms with Crippen LogP contribution in [0.3, 0.4) is 0 Å². The highest BCUT2D eigenvalue weighted by atomic mass is 19.1. The first-order chi connectivity index (χ1) is 7.59. The first-order valence-corrected chi connectivity index (χ1v) is 4.86. The second-order valence-corrected chi connectivity index (χ2v) is 3.24. The molecule has 0 aliphatic rings. The average molecular weight is 227 g/mol. The SMILES string of the molecule is CC(NCCOC(N)=O)c1ccc(F)cn1. The van der Waals surface area contributed by atoms with E-state index in [-0.39, 0.29) is 18.5 Å². The number of nitrogens with one attached hydrogen (secondary N) is 1. The molecule has 0 aliphatic carbocycles. The molecule has 1 amide bonds. The fourth-order valence-corrected chi connectivity index (χ4v) is 1.18. The zero-order chi connectivity index (χ0) is 12.0. The Morgan fingerprint density at radius 2 is 2.44 bits per heavy atom. The van der Waals surface area contributed by atoms with E-state index in [4.69, 9.17) is 5.73 Å². The van der Waals surface area contributed by atoms with Crippen LogP contribution in [0, 0.1) is 5.82 Å². The fraction of sp³-hybridized carbons (Fsp3) is 0.400. The molecule has 0 aliphatic heterocycles. The Morgan fingerprint density at radius 1 is 1.69 bits per heavy atom. The van der Waals surface area contributed by atoms with E-state index in [0.717, 1.165) is 11.9 Å². The lowest BCUT2D eigenvalue weighted by atomic mass is 10.2. The highest BCUT2D eigenvalue weighted by Crippen LogP contribution is 2.08. The summed E-state index contributed by atoms with van der Waals surface area (Å²) in [7, 11) is 0. The average Bonchev–Trinajstić information content (AvgIpc) is 2.25. The number of carbonyl (C=O) groups excluding carboxylic acids is 1. The number of carbonyl (C=O) groups is 1. The molecule has 1 unspecified atom stereocenters. The van der Waals surface area contributed by atoms with Crippen LogP contribution in [0.5, 0.6) is 0 Å². The van der Waals surface area contributed by atoms with Gasteiger partial charge >= 0.3 is 6.09 Å². The van der Waals surface area contributed by atoms with Crippen molar-refractivity contribution >= 4 is 6.09 Å². The lowest BCUT2D eigenvalue weighted by molar-refractivity contribution is 0.156. The maximum atomic E-state index is 12.6. The van der Waals surface area contributed by atoms with Crippen molar-refractivity contribution < 1.29 is 13.9 Å². The molecule has 0 saturated heterocycles. The Balaban J connectivity index is 2.32. The minimum absolute atomic E-state index is 0.0444. The van der Waals surface area contributed by atoms with Crippen molar-refractivity contribution in [3.8, 4) is 0 Å². The van der Waals surface area contributed by atoms with Crippen LogP contribution in [0.2, 0.25) is 0 Å². The standard InChI is InChI=1S/C10H14FN3O2/c1-7(13-4-5-16-10(12)15)9-3-2-8(11)6-14-9/h2-3,6-7,13H,4-5H2,1H3,(H2,12,15). The molecular weight excluding hydrogens is 213 g/mol. The molecule has 1 aromatic heterocycles. The zero-order valence-electron chi connectivity index (χ0n) is 8.94. The summed E-state index contributed by atoms with van der Waals surface area (Å²) in [5.74, 6) is -0.368. The van der Waals surface area contributed by atoms with Gasteiger partial charge < -0.3 is 15.8 Å². The normalized spacial score (nSPS) is 12.1. The van der Waals surface area contributed by atoms with Crippen molar-refractivity contribution in [2.24, 2.45) is 5.73 Å². The zero-order valence-corrected chi connectivity index (χ0v) is 8.94. The topological polar surface area (TPSA) is 77.2 Å². The van der Waals surface area contributed by atoms with Gasteiger partial charge in [-0.3, -0.25) is 4.98 Å². The lowest BCUT2D eigenvalue weighted by Gasteiger charge is -2.12. The van der Waals surface area contributed by atoms with Crippen LogP contribution < -0.4 is 11.1 Å². The molecular formula is C10H14FN3O2. The fourth-order valence-electron chi connectivity index (χ4n) is 1.18. The Kier molecular flexibility index (Phi) is 4.65. The third-order valence-electron chi connectivity index (χ3n) is 1.99. The molecule has 88 valence electrons. The number of rotatable bonds is 5. The summed E-state index contributed by atoms with van der Waals surface area (Å²) in [4.78, 5) is 14.2. The molecule has 0 saturated carbocycles. The van der Waals surface area contributed by atoms with Crippen LogP contribution in [0.4, 0.5) is 9.18 Å². The van der Waals surface area contributed by atoms with E-state index in [1.54, 1.807) is 6.07 Å². The van der Waals surface area contributed by atoms with Gasteiger partial charge in [-0.25, -0.2) is 9.18 Å². The van der Waals surface area contributed by atoms with Crippen LogP contribution in [0.1, 0.15) is 18.7 Å². The molecule has 1 aromatic rings. The van der Waals surface area contributed by atoms with Crippen molar-refractivity contribution in [3.05, 3.63) is 29.8 Å². The summed E-state index contributed by atoms with van der Waals surface area (Å²) in [5, 5.41) is 3.06. The number of ether oxygens (including phenoxy) is 1. The number of nitrogens with two attached hydrogens (primary N) is 1. The maximum Gasteiger partial charge on any atom is 0.404 e. The minimum atomic E-state index is -0.797. The summed E-state index contributed by atoms with van der Waals surface area (Å²) in [5.41, 5.74) is 5.52. The van der Waals surface area contributed by atoms with E-state index in [0.29, 0.717) is 6.54 Å². The first-order valence-electron chi connectivity index (χ1n) is 4.86. The number of aromatic nitrogens is 1. The molecule has 1 atom stereocenters. The third-order valence-corrected chi connectivity index (χ3v) is 1.99. The molecule has 1 heterocycles. The van der Waals surface area contributed by atoms with Crippen LogP contribution in [-0.2, 0) is 4.74 Å². The van der Waals surface area contributed by atoms with Crippen molar-refractivity contribution in [1.29, 1.82) is 0 Å². The van der Waals surface area contributed by atoms with Gasteiger partial charge in [-0.05, 0) is 19.1 Å². The van der Waals surface area contributed by atoms with Crippen molar-refractivity contribution in [1.82, 2.24) is 10.3 Å². The second-order valence-electron chi connectivity index (χ2n) is 3.24. The number of pyridine rings is 1. The molecule has 0 bridgehead atoms. The molecule has 5 nitrogen and oxygen atoms in total. The van der Waals surface area contributed by atoms with Crippen molar-refractivity contribution in [2.45, 2.75) is 13.0 Å². The predicted octanol–water partition coefficient (Wildman–Crippen LogP) is 0.967. The van der Waals surface area contributed by atoms with Gasteiger partial charge in [0.15, 0.2) is 0 Å². The quantitative estimate of drug-likeness (QED) is 0.735. The second kappa shape index (κ2) is 6.02. The monoisotopic (exact) mass is 227 g/mol. The molecule has 6 heteroatoms. The van der Waals surface area contributed by atoms with Gasteiger partial charge in [0, 0.05) is 12.6 Å². The predicted molar refractivity (Wildman–Crippen MR) is 56.1 cm³/mol. The summed E-state index contributed by atoms with van der Waals surface area (Å²) in [6, 6.07) is 2.90. The Labute approximate surface area is 92.8 Å². The summed E-state index contributed by atoms with van der Waals surface area (Å²) >= 11 is 0. The molecule has 0 radical (unpaired) electrons. The number of amides is 1. The molecule has 0 fully saturated rings. The number of primary amides is 1. The van der Waals surface area contributed by atoms with Gasteiger partial charge in [0.2, 0.25) is 0 Å². The first kappa shape index (κ1) is 12.4. The van der Waals surface area contributed by atoms with E-state index < -0.39 is 6.09 Å².